The molecule has 0 aromatic rings. The van der Waals surface area contributed by atoms with Gasteiger partial charge in [0.1, 0.15) is 12.2 Å². The van der Waals surface area contributed by atoms with Crippen molar-refractivity contribution in [1.82, 2.24) is 0 Å². The summed E-state index contributed by atoms with van der Waals surface area (Å²) in [5.74, 6) is -0.149. The van der Waals surface area contributed by atoms with Gasteiger partial charge in [0.25, 0.3) is 0 Å². The molecule has 0 aromatic heterocycles. The lowest BCUT2D eigenvalue weighted by atomic mass is 9.81. The monoisotopic (exact) mass is 264 g/mol. The van der Waals surface area contributed by atoms with Gasteiger partial charge in [-0.15, -0.1) is 0 Å². The zero-order chi connectivity index (χ0) is 13.4. The first-order valence-corrected chi connectivity index (χ1v) is 7.18. The molecule has 4 fully saturated rings. The minimum Gasteiger partial charge on any atom is -0.455 e. The first-order chi connectivity index (χ1) is 8.93. The highest BCUT2D eigenvalue weighted by molar-refractivity contribution is 5.91. The molecule has 0 amide bonds. The molecule has 6 atom stereocenters. The second-order valence-corrected chi connectivity index (χ2v) is 6.85. The van der Waals surface area contributed by atoms with Gasteiger partial charge in [-0.2, -0.15) is 0 Å². The number of ether oxygens (including phenoxy) is 3. The molecular formula is C15H20O4. The number of fused-ring (bicyclic) bond motifs is 4. The van der Waals surface area contributed by atoms with E-state index in [0.29, 0.717) is 11.7 Å². The molecule has 0 unspecified atom stereocenters. The summed E-state index contributed by atoms with van der Waals surface area (Å²) in [5, 5.41) is 0. The molecule has 19 heavy (non-hydrogen) atoms. The number of hydrogen-bond donors (Lipinski definition) is 0. The fourth-order valence-corrected chi connectivity index (χ4v) is 3.85. The molecule has 1 aliphatic carbocycles. The summed E-state index contributed by atoms with van der Waals surface area (Å²) in [6.45, 7) is 8.20. The molecule has 4 rings (SSSR count). The van der Waals surface area contributed by atoms with Gasteiger partial charge in [0.15, 0.2) is 0 Å². The van der Waals surface area contributed by atoms with Crippen LogP contribution < -0.4 is 0 Å². The summed E-state index contributed by atoms with van der Waals surface area (Å²) in [6.07, 6.45) is 4.15. The third-order valence-corrected chi connectivity index (χ3v) is 5.48. The van der Waals surface area contributed by atoms with Crippen molar-refractivity contribution in [1.29, 1.82) is 0 Å². The van der Waals surface area contributed by atoms with Crippen LogP contribution >= 0.6 is 0 Å². The Bertz CT molecular complexity index is 473. The van der Waals surface area contributed by atoms with Gasteiger partial charge in [-0.1, -0.05) is 6.58 Å². The van der Waals surface area contributed by atoms with Crippen LogP contribution in [-0.4, -0.2) is 35.5 Å². The zero-order valence-corrected chi connectivity index (χ0v) is 11.5. The van der Waals surface area contributed by atoms with Crippen LogP contribution in [0.2, 0.25) is 0 Å². The number of hydrogen-bond acceptors (Lipinski definition) is 4. The van der Waals surface area contributed by atoms with E-state index in [1.807, 2.05) is 0 Å². The molecule has 0 radical (unpaired) electrons. The molecular weight excluding hydrogens is 244 g/mol. The van der Waals surface area contributed by atoms with E-state index in [-0.39, 0.29) is 35.3 Å². The minimum atomic E-state index is -0.245. The molecule has 0 aromatic carbocycles. The molecule has 1 saturated carbocycles. The fraction of sp³-hybridized carbons (Fsp3) is 0.800. The van der Waals surface area contributed by atoms with Gasteiger partial charge in [0, 0.05) is 11.5 Å². The van der Waals surface area contributed by atoms with Crippen LogP contribution in [0.25, 0.3) is 0 Å². The van der Waals surface area contributed by atoms with Crippen LogP contribution in [-0.2, 0) is 19.0 Å². The molecule has 0 bridgehead atoms. The summed E-state index contributed by atoms with van der Waals surface area (Å²) in [5.41, 5.74) is 0.469. The molecule has 3 heterocycles. The number of esters is 1. The Morgan fingerprint density at radius 1 is 1.16 bits per heavy atom. The molecule has 4 heteroatoms. The number of epoxide rings is 2. The second kappa shape index (κ2) is 3.41. The topological polar surface area (TPSA) is 51.4 Å². The van der Waals surface area contributed by atoms with Crippen molar-refractivity contribution < 1.29 is 19.0 Å². The lowest BCUT2D eigenvalue weighted by molar-refractivity contribution is -0.140. The Morgan fingerprint density at radius 3 is 2.68 bits per heavy atom. The van der Waals surface area contributed by atoms with Crippen molar-refractivity contribution in [2.75, 3.05) is 0 Å². The smallest absolute Gasteiger partial charge is 0.334 e. The molecule has 4 nitrogen and oxygen atoms in total. The lowest BCUT2D eigenvalue weighted by Crippen LogP contribution is -2.30. The summed E-state index contributed by atoms with van der Waals surface area (Å²) < 4.78 is 17.2. The van der Waals surface area contributed by atoms with Gasteiger partial charge in [-0.3, -0.25) is 0 Å². The summed E-state index contributed by atoms with van der Waals surface area (Å²) in [7, 11) is 0. The Balaban J connectivity index is 1.62. The number of rotatable bonds is 0. The van der Waals surface area contributed by atoms with Crippen LogP contribution in [0.1, 0.15) is 39.5 Å². The maximum absolute atomic E-state index is 11.8. The summed E-state index contributed by atoms with van der Waals surface area (Å²) >= 11 is 0. The highest BCUT2D eigenvalue weighted by Gasteiger charge is 2.64. The van der Waals surface area contributed by atoms with E-state index in [0.717, 1.165) is 25.7 Å². The maximum Gasteiger partial charge on any atom is 0.334 e. The van der Waals surface area contributed by atoms with E-state index in [1.54, 1.807) is 0 Å². The third-order valence-electron chi connectivity index (χ3n) is 5.48. The van der Waals surface area contributed by atoms with Gasteiger partial charge in [0.2, 0.25) is 0 Å². The van der Waals surface area contributed by atoms with Crippen molar-refractivity contribution >= 4 is 5.97 Å². The van der Waals surface area contributed by atoms with Gasteiger partial charge >= 0.3 is 5.97 Å². The zero-order valence-electron chi connectivity index (χ0n) is 11.5. The Labute approximate surface area is 113 Å². The number of carbonyl (C=O) groups excluding carboxylic acids is 1. The second-order valence-electron chi connectivity index (χ2n) is 6.85. The standard InChI is InChI=1S/C15H20O4/c1-8-9-4-6-14(2)10(18-14)5-7-15(3)12(19-15)11(9)17-13(8)16/h9-12H,1,4-7H2,2-3H3/t9-,10-,11-,12+,14+,15-/m0/s1. The molecule has 0 N–H and O–H groups in total. The molecule has 3 aliphatic heterocycles. The van der Waals surface area contributed by atoms with Gasteiger partial charge in [-0.05, 0) is 39.5 Å². The van der Waals surface area contributed by atoms with Crippen LogP contribution in [0, 0.1) is 5.92 Å². The van der Waals surface area contributed by atoms with Crippen molar-refractivity contribution in [3.63, 3.8) is 0 Å². The first-order valence-electron chi connectivity index (χ1n) is 7.18. The largest absolute Gasteiger partial charge is 0.455 e. The highest BCUT2D eigenvalue weighted by Crippen LogP contribution is 2.54. The molecule has 4 aliphatic rings. The first kappa shape index (κ1) is 11.9. The van der Waals surface area contributed by atoms with E-state index in [4.69, 9.17) is 14.2 Å². The normalized spacial score (nSPS) is 55.7. The van der Waals surface area contributed by atoms with Crippen LogP contribution in [0.5, 0.6) is 0 Å². The predicted octanol–water partition coefficient (Wildman–Crippen LogP) is 1.97. The maximum atomic E-state index is 11.8. The van der Waals surface area contributed by atoms with E-state index in [2.05, 4.69) is 20.4 Å². The van der Waals surface area contributed by atoms with Gasteiger partial charge in [0.05, 0.1) is 17.3 Å². The third kappa shape index (κ3) is 1.62. The Hall–Kier alpha value is -0.870. The fourth-order valence-electron chi connectivity index (χ4n) is 3.85. The molecule has 3 saturated heterocycles. The highest BCUT2D eigenvalue weighted by atomic mass is 16.6. The molecule has 0 spiro atoms. The van der Waals surface area contributed by atoms with Crippen LogP contribution in [0.15, 0.2) is 12.2 Å². The van der Waals surface area contributed by atoms with Crippen molar-refractivity contribution in [3.8, 4) is 0 Å². The Morgan fingerprint density at radius 2 is 1.89 bits per heavy atom. The summed E-state index contributed by atoms with van der Waals surface area (Å²) in [6, 6.07) is 0. The Kier molecular flexibility index (Phi) is 2.14. The van der Waals surface area contributed by atoms with E-state index in [9.17, 15) is 4.79 Å². The van der Waals surface area contributed by atoms with Crippen molar-refractivity contribution in [2.24, 2.45) is 5.92 Å². The van der Waals surface area contributed by atoms with Crippen LogP contribution in [0.3, 0.4) is 0 Å². The van der Waals surface area contributed by atoms with Gasteiger partial charge in [-0.25, -0.2) is 4.79 Å². The average Bonchev–Trinajstić information content (AvgIpc) is 3.18. The van der Waals surface area contributed by atoms with Crippen LogP contribution in [0.4, 0.5) is 0 Å². The van der Waals surface area contributed by atoms with E-state index < -0.39 is 0 Å². The quantitative estimate of drug-likeness (QED) is 0.381. The van der Waals surface area contributed by atoms with E-state index >= 15 is 0 Å². The SMILES string of the molecule is C=C1C(=O)O[C@@H]2[C@H]3O[C@@]3(C)CC[C@@H]3O[C@]3(C)CC[C@@H]12. The van der Waals surface area contributed by atoms with Crippen molar-refractivity contribution in [2.45, 2.75) is 69.0 Å². The van der Waals surface area contributed by atoms with E-state index in [1.165, 1.54) is 0 Å². The lowest BCUT2D eigenvalue weighted by Gasteiger charge is -2.20. The molecule has 104 valence electrons. The average molecular weight is 264 g/mol. The van der Waals surface area contributed by atoms with Gasteiger partial charge < -0.3 is 14.2 Å². The summed E-state index contributed by atoms with van der Waals surface area (Å²) in [4.78, 5) is 11.8. The minimum absolute atomic E-state index is 0.00540. The van der Waals surface area contributed by atoms with Crippen molar-refractivity contribution in [3.05, 3.63) is 12.2 Å². The number of carbonyl (C=O) groups is 1. The predicted molar refractivity (Wildman–Crippen MR) is 67.5 cm³/mol.